The molecule has 0 amide bonds. The first-order valence-electron chi connectivity index (χ1n) is 8.85. The van der Waals surface area contributed by atoms with Crippen LogP contribution in [0.2, 0.25) is 0 Å². The molecule has 0 saturated carbocycles. The summed E-state index contributed by atoms with van der Waals surface area (Å²) in [6.45, 7) is 6.72. The molecule has 29 heavy (non-hydrogen) atoms. The summed E-state index contributed by atoms with van der Waals surface area (Å²) in [7, 11) is 0. The third-order valence-electron chi connectivity index (χ3n) is 4.05. The number of carboxylic acids is 1. The summed E-state index contributed by atoms with van der Waals surface area (Å²) < 4.78 is 39.4. The van der Waals surface area contributed by atoms with Gasteiger partial charge in [0.05, 0.1) is 48.2 Å². The lowest BCUT2D eigenvalue weighted by Gasteiger charge is -2.19. The molecule has 0 fully saturated rings. The highest BCUT2D eigenvalue weighted by molar-refractivity contribution is 7.09. The Hall–Kier alpha value is -2.02. The Morgan fingerprint density at radius 2 is 2.10 bits per heavy atom. The fourth-order valence-corrected chi connectivity index (χ4v) is 3.38. The molecule has 0 aromatic carbocycles. The van der Waals surface area contributed by atoms with E-state index in [1.165, 1.54) is 5.69 Å². The number of aliphatic hydroxyl groups excluding tert-OH is 1. The van der Waals surface area contributed by atoms with E-state index in [9.17, 15) is 13.2 Å². The van der Waals surface area contributed by atoms with E-state index in [0.29, 0.717) is 13.2 Å². The van der Waals surface area contributed by atoms with Crippen LogP contribution in [0.4, 0.5) is 13.2 Å². The topological polar surface area (TPSA) is 101 Å². The molecule has 8 nitrogen and oxygen atoms in total. The lowest BCUT2D eigenvalue weighted by atomic mass is 10.3. The van der Waals surface area contributed by atoms with Crippen LogP contribution in [0, 0.1) is 6.92 Å². The van der Waals surface area contributed by atoms with Gasteiger partial charge in [-0.15, -0.1) is 11.3 Å². The first-order chi connectivity index (χ1) is 13.7. The number of imidazole rings is 1. The molecule has 1 aliphatic rings. The molecule has 0 aliphatic carbocycles. The molecule has 0 atom stereocenters. The van der Waals surface area contributed by atoms with Gasteiger partial charge in [-0.1, -0.05) is 0 Å². The fourth-order valence-electron chi connectivity index (χ4n) is 2.78. The molecule has 0 spiro atoms. The average molecular weight is 436 g/mol. The van der Waals surface area contributed by atoms with Crippen LogP contribution >= 0.6 is 11.3 Å². The average Bonchev–Trinajstić information content (AvgIpc) is 3.15. The number of carboxylic acid groups (broad SMARTS) is 1. The molecular weight excluding hydrogens is 413 g/mol. The van der Waals surface area contributed by atoms with Gasteiger partial charge in [0.15, 0.2) is 0 Å². The molecule has 2 aromatic heterocycles. The largest absolute Gasteiger partial charge is 0.490 e. The highest BCUT2D eigenvalue weighted by Gasteiger charge is 2.38. The molecule has 0 unspecified atom stereocenters. The summed E-state index contributed by atoms with van der Waals surface area (Å²) in [5, 5.41) is 19.2. The highest BCUT2D eigenvalue weighted by Crippen LogP contribution is 2.19. The zero-order valence-electron chi connectivity index (χ0n) is 15.9. The van der Waals surface area contributed by atoms with Crippen molar-refractivity contribution < 1.29 is 32.9 Å². The van der Waals surface area contributed by atoms with Crippen molar-refractivity contribution in [2.24, 2.45) is 0 Å². The smallest absolute Gasteiger partial charge is 0.475 e. The number of hydrogen-bond acceptors (Lipinski definition) is 7. The van der Waals surface area contributed by atoms with E-state index in [1.54, 1.807) is 11.3 Å². The molecule has 0 saturated heterocycles. The predicted octanol–water partition coefficient (Wildman–Crippen LogP) is 2.20. The van der Waals surface area contributed by atoms with Crippen LogP contribution in [-0.2, 0) is 35.8 Å². The maximum absolute atomic E-state index is 10.6. The minimum Gasteiger partial charge on any atom is -0.475 e. The van der Waals surface area contributed by atoms with Gasteiger partial charge in [-0.25, -0.2) is 14.8 Å². The molecule has 3 heterocycles. The van der Waals surface area contributed by atoms with Crippen LogP contribution in [0.15, 0.2) is 11.7 Å². The molecule has 162 valence electrons. The van der Waals surface area contributed by atoms with Crippen LogP contribution in [-0.4, -0.2) is 61.6 Å². The van der Waals surface area contributed by atoms with Crippen molar-refractivity contribution >= 4 is 17.3 Å². The number of aliphatic hydroxyl groups is 1. The molecule has 12 heteroatoms. The number of carbonyl (C=O) groups is 1. The number of alkyl halides is 3. The van der Waals surface area contributed by atoms with Gasteiger partial charge in [-0.2, -0.15) is 13.2 Å². The van der Waals surface area contributed by atoms with Gasteiger partial charge in [0.1, 0.15) is 0 Å². The van der Waals surface area contributed by atoms with Crippen LogP contribution in [0.3, 0.4) is 0 Å². The van der Waals surface area contributed by atoms with Gasteiger partial charge >= 0.3 is 12.1 Å². The Bertz CT molecular complexity index is 794. The molecule has 2 aromatic rings. The SMILES string of the molecule is Cc1nc(CN2CCCn3cnc(COCCO)c3C2)cs1.O=C(O)C(F)(F)F. The number of thiazole rings is 1. The number of fused-ring (bicyclic) bond motifs is 1. The van der Waals surface area contributed by atoms with Crippen LogP contribution in [0.25, 0.3) is 0 Å². The highest BCUT2D eigenvalue weighted by atomic mass is 32.1. The summed E-state index contributed by atoms with van der Waals surface area (Å²) in [5.41, 5.74) is 3.35. The Kier molecular flexibility index (Phi) is 8.56. The normalized spacial score (nSPS) is 14.7. The number of halogens is 3. The summed E-state index contributed by atoms with van der Waals surface area (Å²) in [6.07, 6.45) is -2.06. The van der Waals surface area contributed by atoms with Crippen molar-refractivity contribution in [2.45, 2.75) is 45.8 Å². The maximum Gasteiger partial charge on any atom is 0.490 e. The molecular formula is C17H23F3N4O4S. The molecule has 0 bridgehead atoms. The zero-order chi connectivity index (χ0) is 21.4. The van der Waals surface area contributed by atoms with Crippen LogP contribution in [0.1, 0.15) is 28.5 Å². The minimum atomic E-state index is -5.08. The summed E-state index contributed by atoms with van der Waals surface area (Å²) in [6, 6.07) is 0. The van der Waals surface area contributed by atoms with E-state index < -0.39 is 12.1 Å². The van der Waals surface area contributed by atoms with E-state index >= 15 is 0 Å². The number of aromatic nitrogens is 3. The van der Waals surface area contributed by atoms with Gasteiger partial charge in [0.2, 0.25) is 0 Å². The monoisotopic (exact) mass is 436 g/mol. The quantitative estimate of drug-likeness (QED) is 0.670. The number of hydrogen-bond donors (Lipinski definition) is 2. The Balaban J connectivity index is 0.000000370. The van der Waals surface area contributed by atoms with Gasteiger partial charge in [-0.3, -0.25) is 4.90 Å². The Labute approximate surface area is 169 Å². The third-order valence-corrected chi connectivity index (χ3v) is 4.87. The molecule has 3 rings (SSSR count). The minimum absolute atomic E-state index is 0.0470. The second-order valence-corrected chi connectivity index (χ2v) is 7.39. The summed E-state index contributed by atoms with van der Waals surface area (Å²) in [5.74, 6) is -2.76. The van der Waals surface area contributed by atoms with Crippen LogP contribution < -0.4 is 0 Å². The van der Waals surface area contributed by atoms with Crippen molar-refractivity contribution in [3.8, 4) is 0 Å². The number of ether oxygens (including phenoxy) is 1. The summed E-state index contributed by atoms with van der Waals surface area (Å²) in [4.78, 5) is 20.4. The van der Waals surface area contributed by atoms with E-state index in [2.05, 4.69) is 24.8 Å². The number of aliphatic carboxylic acids is 1. The second-order valence-electron chi connectivity index (χ2n) is 6.33. The molecule has 0 radical (unpaired) electrons. The van der Waals surface area contributed by atoms with Gasteiger partial charge in [-0.05, 0) is 13.3 Å². The first-order valence-corrected chi connectivity index (χ1v) is 9.73. The van der Waals surface area contributed by atoms with Gasteiger partial charge < -0.3 is 19.5 Å². The Morgan fingerprint density at radius 1 is 1.38 bits per heavy atom. The van der Waals surface area contributed by atoms with E-state index in [4.69, 9.17) is 19.7 Å². The third kappa shape index (κ3) is 7.38. The second kappa shape index (κ2) is 10.7. The van der Waals surface area contributed by atoms with Crippen molar-refractivity contribution in [3.63, 3.8) is 0 Å². The number of rotatable bonds is 6. The van der Waals surface area contributed by atoms with Crippen LogP contribution in [0.5, 0.6) is 0 Å². The van der Waals surface area contributed by atoms with Crippen molar-refractivity contribution in [3.05, 3.63) is 33.8 Å². The lowest BCUT2D eigenvalue weighted by Crippen LogP contribution is -2.23. The van der Waals surface area contributed by atoms with Gasteiger partial charge in [0.25, 0.3) is 0 Å². The number of nitrogens with zero attached hydrogens (tertiary/aromatic N) is 4. The van der Waals surface area contributed by atoms with E-state index in [-0.39, 0.29) is 6.61 Å². The lowest BCUT2D eigenvalue weighted by molar-refractivity contribution is -0.192. The molecule has 1 aliphatic heterocycles. The molecule has 2 N–H and O–H groups in total. The fraction of sp³-hybridized carbons (Fsp3) is 0.588. The zero-order valence-corrected chi connectivity index (χ0v) is 16.7. The van der Waals surface area contributed by atoms with Crippen molar-refractivity contribution in [1.29, 1.82) is 0 Å². The first kappa shape index (κ1) is 23.3. The predicted molar refractivity (Wildman–Crippen MR) is 98.2 cm³/mol. The summed E-state index contributed by atoms with van der Waals surface area (Å²) >= 11 is 1.70. The Morgan fingerprint density at radius 3 is 2.69 bits per heavy atom. The number of aryl methyl sites for hydroxylation is 2. The van der Waals surface area contributed by atoms with Crippen molar-refractivity contribution in [1.82, 2.24) is 19.4 Å². The van der Waals surface area contributed by atoms with Gasteiger partial charge in [0, 0.05) is 31.6 Å². The maximum atomic E-state index is 10.6. The van der Waals surface area contributed by atoms with E-state index in [0.717, 1.165) is 49.0 Å². The van der Waals surface area contributed by atoms with E-state index in [1.807, 2.05) is 13.3 Å². The standard InChI is InChI=1S/C15H22N4O2S.C2HF3O2/c1-12-17-13(10-22-12)7-18-3-2-4-19-11-16-14(15(19)8-18)9-21-6-5-20;3-2(4,5)1(6)7/h10-11,20H,2-9H2,1H3;(H,6,7). The van der Waals surface area contributed by atoms with Crippen molar-refractivity contribution in [2.75, 3.05) is 19.8 Å².